The SMILES string of the molecule is CC(C)(C)C(=O)OCCOC(=O)CCCCCCCCCCC(=O)OCCOC(=O)C(C)(C)C. The van der Waals surface area contributed by atoms with Crippen LogP contribution >= 0.6 is 0 Å². The van der Waals surface area contributed by atoms with E-state index in [0.29, 0.717) is 12.8 Å². The van der Waals surface area contributed by atoms with Gasteiger partial charge in [0.1, 0.15) is 26.4 Å². The van der Waals surface area contributed by atoms with Crippen molar-refractivity contribution >= 4 is 23.9 Å². The van der Waals surface area contributed by atoms with E-state index in [1.54, 1.807) is 41.5 Å². The van der Waals surface area contributed by atoms with Gasteiger partial charge in [0.15, 0.2) is 0 Å². The summed E-state index contributed by atoms with van der Waals surface area (Å²) in [7, 11) is 0. The van der Waals surface area contributed by atoms with E-state index >= 15 is 0 Å². The largest absolute Gasteiger partial charge is 0.462 e. The first kappa shape index (κ1) is 31.9. The summed E-state index contributed by atoms with van der Waals surface area (Å²) < 4.78 is 20.2. The van der Waals surface area contributed by atoms with E-state index in [1.807, 2.05) is 0 Å². The molecule has 0 saturated heterocycles. The van der Waals surface area contributed by atoms with Crippen LogP contribution in [0.5, 0.6) is 0 Å². The number of rotatable bonds is 17. The first-order valence-electron chi connectivity index (χ1n) is 12.5. The van der Waals surface area contributed by atoms with Crippen molar-refractivity contribution in [3.05, 3.63) is 0 Å². The van der Waals surface area contributed by atoms with Crippen molar-refractivity contribution in [2.45, 2.75) is 106 Å². The van der Waals surface area contributed by atoms with Crippen molar-refractivity contribution in [1.29, 1.82) is 0 Å². The summed E-state index contributed by atoms with van der Waals surface area (Å²) in [5, 5.41) is 0. The molecule has 8 nitrogen and oxygen atoms in total. The summed E-state index contributed by atoms with van der Waals surface area (Å²) in [4.78, 5) is 46.5. The molecule has 0 aliphatic rings. The summed E-state index contributed by atoms with van der Waals surface area (Å²) in [5.74, 6) is -1.13. The summed E-state index contributed by atoms with van der Waals surface area (Å²) in [5.41, 5.74) is -1.11. The number of hydrogen-bond acceptors (Lipinski definition) is 8. The van der Waals surface area contributed by atoms with Crippen LogP contribution in [0.4, 0.5) is 0 Å². The standard InChI is InChI=1S/C26H46O8/c1-25(2,3)23(29)33-19-17-31-21(27)15-13-11-9-7-8-10-12-14-16-22(28)32-18-20-34-24(30)26(4,5)6/h7-20H2,1-6H3. The average Bonchev–Trinajstić information content (AvgIpc) is 2.73. The monoisotopic (exact) mass is 486 g/mol. The summed E-state index contributed by atoms with van der Waals surface area (Å²) in [6.07, 6.45) is 8.60. The molecule has 0 radical (unpaired) electrons. The normalized spacial score (nSPS) is 11.6. The Kier molecular flexibility index (Phi) is 16.3. The molecular formula is C26H46O8. The average molecular weight is 487 g/mol. The Balaban J connectivity index is 3.46. The molecule has 34 heavy (non-hydrogen) atoms. The van der Waals surface area contributed by atoms with E-state index in [9.17, 15) is 19.2 Å². The van der Waals surface area contributed by atoms with Crippen LogP contribution in [0.1, 0.15) is 106 Å². The Labute approximate surface area is 205 Å². The van der Waals surface area contributed by atoms with Gasteiger partial charge in [-0.25, -0.2) is 0 Å². The van der Waals surface area contributed by atoms with Crippen molar-refractivity contribution in [2.75, 3.05) is 26.4 Å². The van der Waals surface area contributed by atoms with Crippen LogP contribution in [0.3, 0.4) is 0 Å². The van der Waals surface area contributed by atoms with E-state index in [-0.39, 0.29) is 50.3 Å². The Bertz CT molecular complexity index is 559. The zero-order chi connectivity index (χ0) is 26.0. The lowest BCUT2D eigenvalue weighted by atomic mass is 9.97. The topological polar surface area (TPSA) is 105 Å². The Morgan fingerprint density at radius 1 is 0.441 bits per heavy atom. The number of carbonyl (C=O) groups excluding carboxylic acids is 4. The molecule has 0 N–H and O–H groups in total. The predicted molar refractivity (Wildman–Crippen MR) is 129 cm³/mol. The van der Waals surface area contributed by atoms with Crippen molar-refractivity contribution in [3.8, 4) is 0 Å². The fourth-order valence-electron chi connectivity index (χ4n) is 2.76. The van der Waals surface area contributed by atoms with E-state index in [4.69, 9.17) is 18.9 Å². The number of carbonyl (C=O) groups is 4. The minimum Gasteiger partial charge on any atom is -0.462 e. The molecule has 0 aromatic rings. The van der Waals surface area contributed by atoms with Gasteiger partial charge < -0.3 is 18.9 Å². The minimum atomic E-state index is -0.555. The van der Waals surface area contributed by atoms with Gasteiger partial charge in [-0.15, -0.1) is 0 Å². The van der Waals surface area contributed by atoms with Crippen molar-refractivity contribution < 1.29 is 38.1 Å². The van der Waals surface area contributed by atoms with Gasteiger partial charge in [0, 0.05) is 12.8 Å². The highest BCUT2D eigenvalue weighted by atomic mass is 16.6. The molecule has 0 aliphatic carbocycles. The molecule has 0 heterocycles. The van der Waals surface area contributed by atoms with Crippen LogP contribution in [-0.4, -0.2) is 50.3 Å². The third kappa shape index (κ3) is 18.3. The molecule has 198 valence electrons. The van der Waals surface area contributed by atoms with Crippen molar-refractivity contribution in [1.82, 2.24) is 0 Å². The molecule has 0 rings (SSSR count). The maximum absolute atomic E-state index is 11.7. The highest BCUT2D eigenvalue weighted by Gasteiger charge is 2.23. The van der Waals surface area contributed by atoms with Gasteiger partial charge in [0.2, 0.25) is 0 Å². The quantitative estimate of drug-likeness (QED) is 0.158. The van der Waals surface area contributed by atoms with E-state index in [2.05, 4.69) is 0 Å². The second-order valence-corrected chi connectivity index (χ2v) is 10.5. The Morgan fingerprint density at radius 3 is 1.00 bits per heavy atom. The van der Waals surface area contributed by atoms with E-state index in [0.717, 1.165) is 51.4 Å². The molecule has 0 aliphatic heterocycles. The van der Waals surface area contributed by atoms with Gasteiger partial charge in [-0.2, -0.15) is 0 Å². The minimum absolute atomic E-state index is 0.0897. The van der Waals surface area contributed by atoms with Crippen LogP contribution in [0.25, 0.3) is 0 Å². The summed E-state index contributed by atoms with van der Waals surface area (Å²) in [6.45, 7) is 11.0. The van der Waals surface area contributed by atoms with Crippen LogP contribution in [-0.2, 0) is 38.1 Å². The second-order valence-electron chi connectivity index (χ2n) is 10.5. The van der Waals surface area contributed by atoms with Gasteiger partial charge >= 0.3 is 23.9 Å². The van der Waals surface area contributed by atoms with Gasteiger partial charge in [-0.1, -0.05) is 38.5 Å². The molecule has 0 amide bonds. The molecule has 8 heteroatoms. The highest BCUT2D eigenvalue weighted by Crippen LogP contribution is 2.16. The van der Waals surface area contributed by atoms with Crippen LogP contribution in [0.2, 0.25) is 0 Å². The molecule has 0 fully saturated rings. The fraction of sp³-hybridized carbons (Fsp3) is 0.846. The third-order valence-electron chi connectivity index (χ3n) is 4.90. The van der Waals surface area contributed by atoms with Crippen molar-refractivity contribution in [3.63, 3.8) is 0 Å². The van der Waals surface area contributed by atoms with Crippen LogP contribution in [0, 0.1) is 10.8 Å². The molecule has 0 aromatic heterocycles. The molecule has 0 atom stereocenters. The van der Waals surface area contributed by atoms with Gasteiger partial charge in [0.25, 0.3) is 0 Å². The first-order chi connectivity index (χ1) is 15.8. The predicted octanol–water partition coefficient (Wildman–Crippen LogP) is 5.15. The molecular weight excluding hydrogens is 440 g/mol. The number of hydrogen-bond donors (Lipinski definition) is 0. The first-order valence-corrected chi connectivity index (χ1v) is 12.5. The lowest BCUT2D eigenvalue weighted by molar-refractivity contribution is -0.158. The lowest BCUT2D eigenvalue weighted by Gasteiger charge is -2.16. The van der Waals surface area contributed by atoms with Crippen LogP contribution < -0.4 is 0 Å². The summed E-state index contributed by atoms with van der Waals surface area (Å²) >= 11 is 0. The molecule has 0 unspecified atom stereocenters. The number of ether oxygens (including phenoxy) is 4. The Morgan fingerprint density at radius 2 is 0.706 bits per heavy atom. The maximum Gasteiger partial charge on any atom is 0.311 e. The van der Waals surface area contributed by atoms with Crippen molar-refractivity contribution in [2.24, 2.45) is 10.8 Å². The number of unbranched alkanes of at least 4 members (excludes halogenated alkanes) is 7. The fourth-order valence-corrected chi connectivity index (χ4v) is 2.76. The summed E-state index contributed by atoms with van der Waals surface area (Å²) in [6, 6.07) is 0. The smallest absolute Gasteiger partial charge is 0.311 e. The second kappa shape index (κ2) is 17.3. The molecule has 0 saturated carbocycles. The lowest BCUT2D eigenvalue weighted by Crippen LogP contribution is -2.24. The van der Waals surface area contributed by atoms with Gasteiger partial charge in [0.05, 0.1) is 10.8 Å². The van der Waals surface area contributed by atoms with E-state index in [1.165, 1.54) is 0 Å². The zero-order valence-electron chi connectivity index (χ0n) is 22.2. The highest BCUT2D eigenvalue weighted by molar-refractivity contribution is 5.75. The zero-order valence-corrected chi connectivity index (χ0v) is 22.2. The third-order valence-corrected chi connectivity index (χ3v) is 4.90. The molecule has 0 aromatic carbocycles. The van der Waals surface area contributed by atoms with Gasteiger partial charge in [-0.3, -0.25) is 19.2 Å². The van der Waals surface area contributed by atoms with Gasteiger partial charge in [-0.05, 0) is 54.4 Å². The van der Waals surface area contributed by atoms with Crippen LogP contribution in [0.15, 0.2) is 0 Å². The number of esters is 4. The Hall–Kier alpha value is -2.12. The maximum atomic E-state index is 11.7. The molecule has 0 bridgehead atoms. The van der Waals surface area contributed by atoms with E-state index < -0.39 is 10.8 Å². The molecule has 0 spiro atoms.